The van der Waals surface area contributed by atoms with Gasteiger partial charge in [-0.15, -0.1) is 11.3 Å². The molecule has 2 aromatic rings. The van der Waals surface area contributed by atoms with E-state index >= 15 is 0 Å². The second kappa shape index (κ2) is 9.01. The maximum Gasteiger partial charge on any atom is 0.344 e. The van der Waals surface area contributed by atoms with Gasteiger partial charge in [-0.3, -0.25) is 9.59 Å². The first-order chi connectivity index (χ1) is 13.5. The van der Waals surface area contributed by atoms with Crippen molar-refractivity contribution < 1.29 is 23.9 Å². The molecular weight excluding hydrogens is 378 g/mol. The van der Waals surface area contributed by atoms with E-state index in [9.17, 15) is 14.4 Å². The molecule has 7 heteroatoms. The van der Waals surface area contributed by atoms with Crippen LogP contribution in [-0.4, -0.2) is 41.8 Å². The molecule has 28 heavy (non-hydrogen) atoms. The van der Waals surface area contributed by atoms with E-state index in [1.165, 1.54) is 4.88 Å². The van der Waals surface area contributed by atoms with Crippen LogP contribution in [0.3, 0.4) is 0 Å². The topological polar surface area (TPSA) is 72.9 Å². The number of hydrogen-bond donors (Lipinski definition) is 0. The van der Waals surface area contributed by atoms with Gasteiger partial charge in [0.15, 0.2) is 18.5 Å². The van der Waals surface area contributed by atoms with Crippen molar-refractivity contribution in [2.45, 2.75) is 39.3 Å². The molecule has 1 atom stereocenters. The number of ketones is 1. The molecule has 0 aliphatic carbocycles. The Balaban J connectivity index is 1.46. The normalized spacial score (nSPS) is 14.1. The van der Waals surface area contributed by atoms with Gasteiger partial charge in [0, 0.05) is 30.0 Å². The van der Waals surface area contributed by atoms with Crippen molar-refractivity contribution in [2.75, 3.05) is 13.2 Å². The van der Waals surface area contributed by atoms with Crippen molar-refractivity contribution in [3.05, 3.63) is 51.7 Å². The highest BCUT2D eigenvalue weighted by atomic mass is 32.1. The van der Waals surface area contributed by atoms with E-state index in [4.69, 9.17) is 9.47 Å². The summed E-state index contributed by atoms with van der Waals surface area (Å²) in [6.07, 6.45) is 0.406. The van der Waals surface area contributed by atoms with Crippen molar-refractivity contribution in [3.8, 4) is 5.75 Å². The Hall–Kier alpha value is -2.67. The fourth-order valence-corrected chi connectivity index (χ4v) is 3.95. The molecule has 0 radical (unpaired) electrons. The molecule has 0 spiro atoms. The number of nitrogens with zero attached hydrogens (tertiary/aromatic N) is 1. The summed E-state index contributed by atoms with van der Waals surface area (Å²) < 4.78 is 10.6. The van der Waals surface area contributed by atoms with Crippen molar-refractivity contribution in [1.29, 1.82) is 0 Å². The van der Waals surface area contributed by atoms with Crippen LogP contribution in [0.5, 0.6) is 5.75 Å². The number of benzene rings is 1. The monoisotopic (exact) mass is 401 g/mol. The summed E-state index contributed by atoms with van der Waals surface area (Å²) in [5.41, 5.74) is 1.77. The van der Waals surface area contributed by atoms with Gasteiger partial charge in [0.25, 0.3) is 5.91 Å². The van der Waals surface area contributed by atoms with Crippen molar-refractivity contribution >= 4 is 29.0 Å². The Morgan fingerprint density at radius 3 is 2.64 bits per heavy atom. The summed E-state index contributed by atoms with van der Waals surface area (Å²) in [4.78, 5) is 39.2. The summed E-state index contributed by atoms with van der Waals surface area (Å²) in [5, 5.41) is 2.03. The van der Waals surface area contributed by atoms with Crippen LogP contribution < -0.4 is 4.74 Å². The highest BCUT2D eigenvalue weighted by Gasteiger charge is 2.27. The van der Waals surface area contributed by atoms with E-state index in [-0.39, 0.29) is 18.3 Å². The summed E-state index contributed by atoms with van der Waals surface area (Å²) in [6, 6.07) is 8.62. The van der Waals surface area contributed by atoms with E-state index in [0.29, 0.717) is 30.8 Å². The summed E-state index contributed by atoms with van der Waals surface area (Å²) in [7, 11) is 0. The van der Waals surface area contributed by atoms with Crippen molar-refractivity contribution in [1.82, 2.24) is 4.90 Å². The van der Waals surface area contributed by atoms with Crippen LogP contribution in [0.2, 0.25) is 0 Å². The van der Waals surface area contributed by atoms with Crippen LogP contribution in [0.4, 0.5) is 0 Å². The Bertz CT molecular complexity index is 858. The van der Waals surface area contributed by atoms with Crippen LogP contribution in [-0.2, 0) is 27.3 Å². The van der Waals surface area contributed by atoms with Gasteiger partial charge in [0.2, 0.25) is 0 Å². The number of ether oxygens (including phenoxy) is 2. The maximum absolute atomic E-state index is 12.5. The third-order valence-electron chi connectivity index (χ3n) is 4.63. The first-order valence-corrected chi connectivity index (χ1v) is 10.2. The number of Topliss-reactive ketones (excluding diaryl/α,β-unsaturated/α-hetero) is 1. The minimum atomic E-state index is -0.860. The minimum Gasteiger partial charge on any atom is -0.482 e. The smallest absolute Gasteiger partial charge is 0.344 e. The molecule has 0 saturated carbocycles. The summed E-state index contributed by atoms with van der Waals surface area (Å²) >= 11 is 1.71. The second-order valence-electron chi connectivity index (χ2n) is 6.60. The van der Waals surface area contributed by atoms with Gasteiger partial charge in [-0.1, -0.05) is 6.92 Å². The highest BCUT2D eigenvalue weighted by molar-refractivity contribution is 7.10. The molecule has 1 unspecified atom stereocenters. The van der Waals surface area contributed by atoms with E-state index in [1.807, 2.05) is 11.4 Å². The highest BCUT2D eigenvalue weighted by Crippen LogP contribution is 2.24. The number of thiophene rings is 1. The van der Waals surface area contributed by atoms with E-state index in [0.717, 1.165) is 12.0 Å². The lowest BCUT2D eigenvalue weighted by Crippen LogP contribution is -2.42. The van der Waals surface area contributed by atoms with Gasteiger partial charge in [0.1, 0.15) is 5.75 Å². The zero-order chi connectivity index (χ0) is 20.1. The molecular formula is C21H23NO5S. The van der Waals surface area contributed by atoms with Crippen LogP contribution in [0.15, 0.2) is 35.7 Å². The van der Waals surface area contributed by atoms with Gasteiger partial charge in [-0.25, -0.2) is 4.79 Å². The Morgan fingerprint density at radius 1 is 1.18 bits per heavy atom. The number of carbonyl (C=O) groups excluding carboxylic acids is 3. The predicted octanol–water partition coefficient (Wildman–Crippen LogP) is 3.24. The van der Waals surface area contributed by atoms with Crippen LogP contribution in [0.1, 0.15) is 41.1 Å². The molecule has 1 aliphatic heterocycles. The lowest BCUT2D eigenvalue weighted by molar-refractivity contribution is -0.161. The maximum atomic E-state index is 12.5. The lowest BCUT2D eigenvalue weighted by Gasteiger charge is -2.29. The molecule has 0 saturated heterocycles. The fraction of sp³-hybridized carbons (Fsp3) is 0.381. The number of rotatable bonds is 7. The standard InChI is InChI=1S/C21H23NO5S/c1-3-18(23)15-4-6-17(7-5-15)26-13-20(24)27-14(2)21(25)22-10-8-19-16(12-22)9-11-28-19/h4-7,9,11,14H,3,8,10,12-13H2,1-2H3. The van der Waals surface area contributed by atoms with Gasteiger partial charge in [-0.2, -0.15) is 0 Å². The zero-order valence-corrected chi connectivity index (χ0v) is 16.8. The Kier molecular flexibility index (Phi) is 6.46. The molecule has 1 amide bonds. The molecule has 1 aromatic heterocycles. The summed E-state index contributed by atoms with van der Waals surface area (Å²) in [6.45, 7) is 4.27. The molecule has 3 rings (SSSR count). The van der Waals surface area contributed by atoms with Crippen LogP contribution >= 0.6 is 11.3 Å². The number of carbonyl (C=O) groups is 3. The van der Waals surface area contributed by atoms with Gasteiger partial charge < -0.3 is 14.4 Å². The SMILES string of the molecule is CCC(=O)c1ccc(OCC(=O)OC(C)C(=O)N2CCc3sccc3C2)cc1. The van der Waals surface area contributed by atoms with E-state index in [1.54, 1.807) is 54.3 Å². The van der Waals surface area contributed by atoms with Gasteiger partial charge in [-0.05, 0) is 54.6 Å². The Morgan fingerprint density at radius 2 is 1.93 bits per heavy atom. The second-order valence-corrected chi connectivity index (χ2v) is 7.60. The quantitative estimate of drug-likeness (QED) is 0.526. The molecule has 0 bridgehead atoms. The number of amides is 1. The third kappa shape index (κ3) is 4.78. The Labute approximate surface area is 168 Å². The number of esters is 1. The number of fused-ring (bicyclic) bond motifs is 1. The molecule has 1 aliphatic rings. The van der Waals surface area contributed by atoms with E-state index in [2.05, 4.69) is 0 Å². The average molecular weight is 401 g/mol. The molecule has 0 N–H and O–H groups in total. The average Bonchev–Trinajstić information content (AvgIpc) is 3.19. The number of hydrogen-bond acceptors (Lipinski definition) is 6. The lowest BCUT2D eigenvalue weighted by atomic mass is 10.1. The van der Waals surface area contributed by atoms with Crippen molar-refractivity contribution in [2.24, 2.45) is 0 Å². The van der Waals surface area contributed by atoms with E-state index < -0.39 is 12.1 Å². The third-order valence-corrected chi connectivity index (χ3v) is 5.65. The fourth-order valence-electron chi connectivity index (χ4n) is 3.06. The molecule has 0 fully saturated rings. The van der Waals surface area contributed by atoms with Crippen LogP contribution in [0, 0.1) is 0 Å². The van der Waals surface area contributed by atoms with Gasteiger partial charge in [0.05, 0.1) is 0 Å². The predicted molar refractivity (Wildman–Crippen MR) is 106 cm³/mol. The molecule has 2 heterocycles. The van der Waals surface area contributed by atoms with Crippen LogP contribution in [0.25, 0.3) is 0 Å². The first-order valence-electron chi connectivity index (χ1n) is 9.27. The zero-order valence-electron chi connectivity index (χ0n) is 16.0. The first kappa shape index (κ1) is 20.1. The molecule has 148 valence electrons. The molecule has 6 nitrogen and oxygen atoms in total. The van der Waals surface area contributed by atoms with Gasteiger partial charge >= 0.3 is 5.97 Å². The van der Waals surface area contributed by atoms with Crippen molar-refractivity contribution in [3.63, 3.8) is 0 Å². The summed E-state index contributed by atoms with van der Waals surface area (Å²) in [5.74, 6) is -0.300. The minimum absolute atomic E-state index is 0.0468. The largest absolute Gasteiger partial charge is 0.482 e. The molecule has 1 aromatic carbocycles.